The Hall–Kier alpha value is -1.34. The second-order valence-electron chi connectivity index (χ2n) is 5.21. The van der Waals surface area contributed by atoms with Crippen LogP contribution in [0.4, 0.5) is 23.2 Å². The van der Waals surface area contributed by atoms with Gasteiger partial charge in [-0.1, -0.05) is 12.1 Å². The molecule has 1 aromatic rings. The summed E-state index contributed by atoms with van der Waals surface area (Å²) >= 11 is 0. The van der Waals surface area contributed by atoms with Crippen molar-refractivity contribution in [1.29, 1.82) is 0 Å². The Morgan fingerprint density at radius 3 is 2.24 bits per heavy atom. The quantitative estimate of drug-likeness (QED) is 0.865. The van der Waals surface area contributed by atoms with Crippen LogP contribution in [0.1, 0.15) is 0 Å². The maximum Gasteiger partial charge on any atom is 0.394 e. The summed E-state index contributed by atoms with van der Waals surface area (Å²) in [7, 11) is 0. The second kappa shape index (κ2) is 6.62. The van der Waals surface area contributed by atoms with Gasteiger partial charge in [-0.25, -0.2) is 4.39 Å². The lowest BCUT2D eigenvalue weighted by atomic mass is 10.1. The molecule has 0 spiro atoms. The maximum absolute atomic E-state index is 13.7. The molecule has 0 saturated carbocycles. The first kappa shape index (κ1) is 16.0. The molecule has 1 saturated heterocycles. The van der Waals surface area contributed by atoms with Crippen LogP contribution in [0.2, 0.25) is 0 Å². The van der Waals surface area contributed by atoms with E-state index < -0.39 is 18.6 Å². The predicted molar refractivity (Wildman–Crippen MR) is 73.7 cm³/mol. The summed E-state index contributed by atoms with van der Waals surface area (Å²) in [6.45, 7) is 1.47. The molecule has 1 heterocycles. The van der Waals surface area contributed by atoms with Crippen molar-refractivity contribution >= 4 is 5.69 Å². The molecule has 0 amide bonds. The van der Waals surface area contributed by atoms with Crippen molar-refractivity contribution in [3.05, 3.63) is 30.1 Å². The summed E-state index contributed by atoms with van der Waals surface area (Å²) in [4.78, 5) is 3.60. The SMILES string of the molecule is NCC(CN1CCN(c2ccccc2F)CC1)C(F)(F)F. The standard InChI is InChI=1S/C14H19F4N3/c15-12-3-1-2-4-13(12)21-7-5-20(6-8-21)10-11(9-19)14(16,17)18/h1-4,11H,5-10,19H2. The number of hydrogen-bond donors (Lipinski definition) is 1. The van der Waals surface area contributed by atoms with Crippen LogP contribution in [0.3, 0.4) is 0 Å². The topological polar surface area (TPSA) is 32.5 Å². The van der Waals surface area contributed by atoms with E-state index in [0.717, 1.165) is 0 Å². The van der Waals surface area contributed by atoms with E-state index in [9.17, 15) is 17.6 Å². The summed E-state index contributed by atoms with van der Waals surface area (Å²) in [5, 5.41) is 0. The first-order valence-corrected chi connectivity index (χ1v) is 6.90. The number of alkyl halides is 3. The minimum absolute atomic E-state index is 0.0922. The highest BCUT2D eigenvalue weighted by molar-refractivity contribution is 5.47. The predicted octanol–water partition coefficient (Wildman–Crippen LogP) is 2.08. The Morgan fingerprint density at radius 2 is 1.71 bits per heavy atom. The fourth-order valence-electron chi connectivity index (χ4n) is 2.50. The summed E-state index contributed by atoms with van der Waals surface area (Å²) < 4.78 is 51.8. The number of rotatable bonds is 4. The van der Waals surface area contributed by atoms with Gasteiger partial charge in [0.15, 0.2) is 0 Å². The molecule has 0 aliphatic carbocycles. The van der Waals surface area contributed by atoms with Crippen molar-refractivity contribution in [2.45, 2.75) is 6.18 Å². The molecule has 1 aromatic carbocycles. The molecule has 1 aliphatic heterocycles. The third-order valence-electron chi connectivity index (χ3n) is 3.79. The van der Waals surface area contributed by atoms with Crippen molar-refractivity contribution in [2.24, 2.45) is 11.7 Å². The van der Waals surface area contributed by atoms with E-state index in [1.165, 1.54) is 6.07 Å². The first-order valence-electron chi connectivity index (χ1n) is 6.90. The van der Waals surface area contributed by atoms with Gasteiger partial charge in [0.2, 0.25) is 0 Å². The molecule has 1 aliphatic rings. The van der Waals surface area contributed by atoms with Crippen molar-refractivity contribution in [1.82, 2.24) is 4.90 Å². The van der Waals surface area contributed by atoms with Crippen molar-refractivity contribution < 1.29 is 17.6 Å². The lowest BCUT2D eigenvalue weighted by Crippen LogP contribution is -2.50. The van der Waals surface area contributed by atoms with Crippen molar-refractivity contribution in [3.63, 3.8) is 0 Å². The number of halogens is 4. The Balaban J connectivity index is 1.90. The van der Waals surface area contributed by atoms with E-state index in [2.05, 4.69) is 0 Å². The smallest absolute Gasteiger partial charge is 0.367 e. The first-order chi connectivity index (χ1) is 9.91. The highest BCUT2D eigenvalue weighted by Gasteiger charge is 2.39. The molecule has 3 nitrogen and oxygen atoms in total. The Morgan fingerprint density at radius 1 is 1.10 bits per heavy atom. The van der Waals surface area contributed by atoms with Gasteiger partial charge in [-0.15, -0.1) is 0 Å². The molecule has 2 N–H and O–H groups in total. The van der Waals surface area contributed by atoms with Crippen LogP contribution in [0.5, 0.6) is 0 Å². The zero-order chi connectivity index (χ0) is 15.5. The van der Waals surface area contributed by atoms with Gasteiger partial charge in [0.1, 0.15) is 5.82 Å². The summed E-state index contributed by atoms with van der Waals surface area (Å²) in [6.07, 6.45) is -4.27. The average molecular weight is 305 g/mol. The monoisotopic (exact) mass is 305 g/mol. The van der Waals surface area contributed by atoms with Crippen LogP contribution in [0, 0.1) is 11.7 Å². The molecule has 7 heteroatoms. The van der Waals surface area contributed by atoms with Crippen molar-refractivity contribution in [3.8, 4) is 0 Å². The highest BCUT2D eigenvalue weighted by atomic mass is 19.4. The molecule has 1 fully saturated rings. The van der Waals surface area contributed by atoms with Gasteiger partial charge in [-0.2, -0.15) is 13.2 Å². The van der Waals surface area contributed by atoms with Crippen LogP contribution in [-0.2, 0) is 0 Å². The van der Waals surface area contributed by atoms with Gasteiger partial charge in [-0.3, -0.25) is 4.90 Å². The van der Waals surface area contributed by atoms with Crippen LogP contribution >= 0.6 is 0 Å². The van der Waals surface area contributed by atoms with Crippen molar-refractivity contribution in [2.75, 3.05) is 44.2 Å². The van der Waals surface area contributed by atoms with E-state index in [-0.39, 0.29) is 12.4 Å². The van der Waals surface area contributed by atoms with Gasteiger partial charge >= 0.3 is 6.18 Å². The van der Waals surface area contributed by atoms with Gasteiger partial charge in [0, 0.05) is 39.3 Å². The van der Waals surface area contributed by atoms with Gasteiger partial charge < -0.3 is 10.6 Å². The molecular formula is C14H19F4N3. The molecule has 1 unspecified atom stereocenters. The second-order valence-corrected chi connectivity index (χ2v) is 5.21. The molecule has 118 valence electrons. The molecule has 21 heavy (non-hydrogen) atoms. The van der Waals surface area contributed by atoms with Gasteiger partial charge in [0.05, 0.1) is 11.6 Å². The lowest BCUT2D eigenvalue weighted by Gasteiger charge is -2.37. The minimum Gasteiger partial charge on any atom is -0.367 e. The number of benzene rings is 1. The third-order valence-corrected chi connectivity index (χ3v) is 3.79. The van der Waals surface area contributed by atoms with E-state index in [0.29, 0.717) is 31.9 Å². The largest absolute Gasteiger partial charge is 0.394 e. The summed E-state index contributed by atoms with van der Waals surface area (Å²) in [5.74, 6) is -1.81. The molecular weight excluding hydrogens is 286 g/mol. The lowest BCUT2D eigenvalue weighted by molar-refractivity contribution is -0.176. The normalized spacial score (nSPS) is 18.8. The maximum atomic E-state index is 13.7. The van der Waals surface area contributed by atoms with Crippen LogP contribution in [-0.4, -0.2) is 50.3 Å². The van der Waals surface area contributed by atoms with Gasteiger partial charge in [-0.05, 0) is 12.1 Å². The van der Waals surface area contributed by atoms with E-state index in [4.69, 9.17) is 5.73 Å². The van der Waals surface area contributed by atoms with E-state index in [1.54, 1.807) is 23.1 Å². The highest BCUT2D eigenvalue weighted by Crippen LogP contribution is 2.27. The molecule has 0 radical (unpaired) electrons. The number of hydrogen-bond acceptors (Lipinski definition) is 3. The fourth-order valence-corrected chi connectivity index (χ4v) is 2.50. The molecule has 0 aromatic heterocycles. The Labute approximate surface area is 121 Å². The van der Waals surface area contributed by atoms with Crippen LogP contribution < -0.4 is 10.6 Å². The van der Waals surface area contributed by atoms with Crippen LogP contribution in [0.25, 0.3) is 0 Å². The Kier molecular flexibility index (Phi) is 5.05. The number of nitrogens with two attached hydrogens (primary N) is 1. The van der Waals surface area contributed by atoms with Crippen LogP contribution in [0.15, 0.2) is 24.3 Å². The zero-order valence-electron chi connectivity index (χ0n) is 11.6. The molecule has 1 atom stereocenters. The fraction of sp³-hybridized carbons (Fsp3) is 0.571. The number of para-hydroxylation sites is 1. The number of nitrogens with zero attached hydrogens (tertiary/aromatic N) is 2. The third kappa shape index (κ3) is 4.07. The van der Waals surface area contributed by atoms with Gasteiger partial charge in [0.25, 0.3) is 0 Å². The number of piperazine rings is 1. The minimum atomic E-state index is -4.27. The Bertz CT molecular complexity index is 456. The number of anilines is 1. The van der Waals surface area contributed by atoms with E-state index >= 15 is 0 Å². The zero-order valence-corrected chi connectivity index (χ0v) is 11.6. The average Bonchev–Trinajstić information content (AvgIpc) is 2.45. The summed E-state index contributed by atoms with van der Waals surface area (Å²) in [5.41, 5.74) is 5.71. The molecule has 0 bridgehead atoms. The molecule has 2 rings (SSSR count). The summed E-state index contributed by atoms with van der Waals surface area (Å²) in [6, 6.07) is 6.43. The van der Waals surface area contributed by atoms with E-state index in [1.807, 2.05) is 4.90 Å².